The predicted octanol–water partition coefficient (Wildman–Crippen LogP) is 17.5. The predicted molar refractivity (Wildman–Crippen MR) is 307 cm³/mol. The number of esters is 3. The van der Waals surface area contributed by atoms with Crippen molar-refractivity contribution in [2.45, 2.75) is 264 Å². The third-order valence-electron chi connectivity index (χ3n) is 12.3. The van der Waals surface area contributed by atoms with Gasteiger partial charge in [-0.2, -0.15) is 0 Å². The van der Waals surface area contributed by atoms with E-state index in [0.717, 1.165) is 103 Å². The van der Waals surface area contributed by atoms with Crippen molar-refractivity contribution in [3.8, 4) is 0 Å². The Morgan fingerprint density at radius 1 is 0.392 bits per heavy atom. The van der Waals surface area contributed by atoms with Crippen molar-refractivity contribution in [2.24, 2.45) is 0 Å². The van der Waals surface area contributed by atoms with Gasteiger partial charge < -0.3 is 24.2 Å². The molecule has 0 aliphatic carbocycles. The molecule has 0 amide bonds. The Labute approximate surface area is 451 Å². The van der Waals surface area contributed by atoms with Crippen molar-refractivity contribution in [3.05, 3.63) is 85.1 Å². The van der Waals surface area contributed by atoms with E-state index in [2.05, 4.69) is 106 Å². The number of hydrogen-bond donors (Lipinski definition) is 2. The molecule has 0 rings (SSSR count). The molecule has 0 fully saturated rings. The third-order valence-corrected chi connectivity index (χ3v) is 13.2. The summed E-state index contributed by atoms with van der Waals surface area (Å²) >= 11 is 0. The molecule has 0 saturated heterocycles. The summed E-state index contributed by atoms with van der Waals surface area (Å²) in [5.41, 5.74) is 0. The summed E-state index contributed by atoms with van der Waals surface area (Å²) in [6.45, 7) is 4.41. The first kappa shape index (κ1) is 70.7. The van der Waals surface area contributed by atoms with E-state index < -0.39 is 57.8 Å². The highest BCUT2D eigenvalue weighted by molar-refractivity contribution is 7.47. The Balaban J connectivity index is 4.75. The Kier molecular flexibility index (Phi) is 53.4. The quantitative estimate of drug-likeness (QED) is 0.0197. The van der Waals surface area contributed by atoms with Crippen molar-refractivity contribution in [2.75, 3.05) is 26.4 Å². The van der Waals surface area contributed by atoms with Crippen LogP contribution in [0.15, 0.2) is 85.1 Å². The van der Waals surface area contributed by atoms with Gasteiger partial charge in [0.1, 0.15) is 12.7 Å². The minimum atomic E-state index is -4.77. The molecule has 2 N–H and O–H groups in total. The fourth-order valence-corrected chi connectivity index (χ4v) is 8.58. The molecule has 3 unspecified atom stereocenters. The minimum Gasteiger partial charge on any atom is -0.462 e. The van der Waals surface area contributed by atoms with E-state index in [0.29, 0.717) is 19.3 Å². The normalized spacial score (nSPS) is 14.0. The maximum absolute atomic E-state index is 12.9. The monoisotopic (exact) mass is 1060 g/mol. The molecule has 0 aromatic rings. The fraction of sp³-hybridized carbons (Fsp3) is 0.726. The lowest BCUT2D eigenvalue weighted by Crippen LogP contribution is -2.30. The van der Waals surface area contributed by atoms with Gasteiger partial charge >= 0.3 is 25.7 Å². The first-order valence-corrected chi connectivity index (χ1v) is 31.0. The fourth-order valence-electron chi connectivity index (χ4n) is 7.79. The molecule has 0 spiro atoms. The molecule has 11 nitrogen and oxygen atoms in total. The van der Waals surface area contributed by atoms with Gasteiger partial charge in [-0.3, -0.25) is 23.4 Å². The second kappa shape index (κ2) is 55.9. The Morgan fingerprint density at radius 2 is 0.730 bits per heavy atom. The van der Waals surface area contributed by atoms with Crippen LogP contribution in [0, 0.1) is 0 Å². The first-order valence-electron chi connectivity index (χ1n) is 29.5. The van der Waals surface area contributed by atoms with Gasteiger partial charge in [0.05, 0.1) is 19.8 Å². The van der Waals surface area contributed by atoms with Crippen LogP contribution >= 0.6 is 7.82 Å². The highest BCUT2D eigenvalue weighted by Crippen LogP contribution is 2.43. The minimum absolute atomic E-state index is 0.121. The van der Waals surface area contributed by atoms with Gasteiger partial charge in [0.15, 0.2) is 6.10 Å². The number of hydrogen-bond acceptors (Lipinski definition) is 10. The van der Waals surface area contributed by atoms with Gasteiger partial charge in [-0.15, -0.1) is 0 Å². The van der Waals surface area contributed by atoms with Gasteiger partial charge in [0.2, 0.25) is 0 Å². The molecular formula is C62H107O11P. The van der Waals surface area contributed by atoms with E-state index in [1.165, 1.54) is 89.9 Å². The molecule has 0 aromatic heterocycles. The van der Waals surface area contributed by atoms with E-state index in [1.807, 2.05) is 0 Å². The molecule has 0 aliphatic rings. The molecule has 74 heavy (non-hydrogen) atoms. The number of phosphoric ester groups is 1. The Morgan fingerprint density at radius 3 is 1.18 bits per heavy atom. The molecule has 0 aromatic carbocycles. The van der Waals surface area contributed by atoms with Gasteiger partial charge in [-0.1, -0.05) is 209 Å². The molecule has 0 saturated carbocycles. The van der Waals surface area contributed by atoms with Gasteiger partial charge in [0, 0.05) is 19.3 Å². The van der Waals surface area contributed by atoms with Crippen LogP contribution in [0.2, 0.25) is 0 Å². The lowest BCUT2D eigenvalue weighted by atomic mass is 10.1. The molecule has 0 radical (unpaired) electrons. The van der Waals surface area contributed by atoms with E-state index in [9.17, 15) is 28.9 Å². The second-order valence-corrected chi connectivity index (χ2v) is 20.9. The summed E-state index contributed by atoms with van der Waals surface area (Å²) < 4.78 is 39.5. The zero-order valence-corrected chi connectivity index (χ0v) is 47.9. The van der Waals surface area contributed by atoms with Crippen LogP contribution in [0.3, 0.4) is 0 Å². The highest BCUT2D eigenvalue weighted by atomic mass is 31.2. The number of aliphatic hydroxyl groups is 1. The highest BCUT2D eigenvalue weighted by Gasteiger charge is 2.28. The van der Waals surface area contributed by atoms with E-state index in [1.54, 1.807) is 0 Å². The zero-order valence-electron chi connectivity index (χ0n) is 47.0. The van der Waals surface area contributed by atoms with Gasteiger partial charge in [-0.05, 0) is 109 Å². The number of phosphoric acid groups is 1. The molecule has 0 heterocycles. The lowest BCUT2D eigenvalue weighted by Gasteiger charge is -2.21. The van der Waals surface area contributed by atoms with E-state index in [-0.39, 0.29) is 25.9 Å². The summed E-state index contributed by atoms with van der Waals surface area (Å²) in [6.07, 6.45) is 64.0. The largest absolute Gasteiger partial charge is 0.472 e. The third kappa shape index (κ3) is 53.5. The molecule has 0 bridgehead atoms. The number of carbonyl (C=O) groups is 3. The number of allylic oxidation sites excluding steroid dienone is 14. The van der Waals surface area contributed by atoms with Crippen molar-refractivity contribution >= 4 is 25.7 Å². The van der Waals surface area contributed by atoms with Crippen LogP contribution in [0.5, 0.6) is 0 Å². The molecular weight excluding hydrogens is 952 g/mol. The summed E-state index contributed by atoms with van der Waals surface area (Å²) in [7, 11) is -4.77. The second-order valence-electron chi connectivity index (χ2n) is 19.4. The average Bonchev–Trinajstić information content (AvgIpc) is 3.39. The summed E-state index contributed by atoms with van der Waals surface area (Å²) in [5.74, 6) is -1.53. The van der Waals surface area contributed by atoms with Gasteiger partial charge in [0.25, 0.3) is 0 Å². The van der Waals surface area contributed by atoms with Crippen LogP contribution in [0.4, 0.5) is 0 Å². The van der Waals surface area contributed by atoms with E-state index >= 15 is 0 Å². The van der Waals surface area contributed by atoms with Crippen LogP contribution in [-0.4, -0.2) is 66.5 Å². The number of ether oxygens (including phenoxy) is 3. The summed E-state index contributed by atoms with van der Waals surface area (Å²) in [6, 6.07) is 0. The summed E-state index contributed by atoms with van der Waals surface area (Å²) in [4.78, 5) is 48.5. The molecule has 3 atom stereocenters. The van der Waals surface area contributed by atoms with Crippen molar-refractivity contribution < 1.29 is 52.2 Å². The van der Waals surface area contributed by atoms with E-state index in [4.69, 9.17) is 23.3 Å². The Hall–Kier alpha value is -3.34. The van der Waals surface area contributed by atoms with Crippen LogP contribution in [-0.2, 0) is 42.2 Å². The zero-order chi connectivity index (χ0) is 54.1. The number of carbonyl (C=O) groups excluding carboxylic acids is 3. The lowest BCUT2D eigenvalue weighted by molar-refractivity contribution is -0.161. The number of rotatable bonds is 54. The van der Waals surface area contributed by atoms with Crippen molar-refractivity contribution in [3.63, 3.8) is 0 Å². The number of unbranched alkanes of at least 4 members (excludes halogenated alkanes) is 23. The van der Waals surface area contributed by atoms with Crippen molar-refractivity contribution in [1.82, 2.24) is 0 Å². The SMILES string of the molecule is CC/C=C\C/C=C\C/C=C\C/C=C\CCCCC(=O)OC(CO)COP(=O)(O)OCC(COC(=O)CCCCCCC/C=C\C/C=C\CCC)OC(=O)CCCCCCCCCCC/C=C\CCCCCCCC. The molecule has 426 valence electrons. The standard InChI is InChI=1S/C62H107O11P/c1-4-7-10-13-16-19-22-25-27-28-29-30-32-35-38-41-44-47-50-53-62(66)73-59(55-69-60(64)51-48-45-42-39-36-33-24-21-18-15-12-9-6-3)57-71-74(67,68)70-56-58(54-63)72-61(65)52-49-46-43-40-37-34-31-26-23-20-17-14-11-8-5-2/h8,11-12,15,17,20-21,24-27,31,37,40,58-59,63H,4-7,9-10,13-14,16,18-19,22-23,28-30,32-36,38-39,41-57H2,1-3H3,(H,67,68)/b11-8-,15-12-,20-17-,24-21-,27-25-,31-26-,40-37-. The topological polar surface area (TPSA) is 155 Å². The van der Waals surface area contributed by atoms with Crippen LogP contribution in [0.1, 0.15) is 252 Å². The van der Waals surface area contributed by atoms with Crippen LogP contribution in [0.25, 0.3) is 0 Å². The molecule has 12 heteroatoms. The Bertz CT molecular complexity index is 1560. The smallest absolute Gasteiger partial charge is 0.462 e. The average molecular weight is 1060 g/mol. The summed E-state index contributed by atoms with van der Waals surface area (Å²) in [5, 5.41) is 9.81. The molecule has 0 aliphatic heterocycles. The first-order chi connectivity index (χ1) is 36.2. The number of aliphatic hydroxyl groups excluding tert-OH is 1. The van der Waals surface area contributed by atoms with Gasteiger partial charge in [-0.25, -0.2) is 4.57 Å². The maximum Gasteiger partial charge on any atom is 0.472 e. The van der Waals surface area contributed by atoms with Crippen LogP contribution < -0.4 is 0 Å². The maximum atomic E-state index is 12.9. The van der Waals surface area contributed by atoms with Crippen molar-refractivity contribution in [1.29, 1.82) is 0 Å².